The lowest BCUT2D eigenvalue weighted by Gasteiger charge is -2.36. The molecule has 0 aliphatic carbocycles. The number of rotatable bonds is 7. The summed E-state index contributed by atoms with van der Waals surface area (Å²) in [5.74, 6) is -0.0759. The summed E-state index contributed by atoms with van der Waals surface area (Å²) >= 11 is 0. The van der Waals surface area contributed by atoms with Crippen LogP contribution in [-0.4, -0.2) is 50.4 Å². The number of benzene rings is 2. The first kappa shape index (κ1) is 26.6. The molecule has 0 radical (unpaired) electrons. The third-order valence-electron chi connectivity index (χ3n) is 6.43. The number of piperazine rings is 1. The Hall–Kier alpha value is -3.44. The van der Waals surface area contributed by atoms with Gasteiger partial charge in [-0.05, 0) is 42.2 Å². The van der Waals surface area contributed by atoms with Crippen molar-refractivity contribution in [3.8, 4) is 0 Å². The van der Waals surface area contributed by atoms with E-state index >= 15 is 0 Å². The highest BCUT2D eigenvalue weighted by Gasteiger charge is 2.36. The highest BCUT2D eigenvalue weighted by atomic mass is 32.2. The number of pyridine rings is 1. The topological polar surface area (TPSA) is 96.6 Å². The number of alkyl halides is 3. The molecule has 0 spiro atoms. The van der Waals surface area contributed by atoms with Crippen LogP contribution in [0.1, 0.15) is 38.7 Å². The number of carbonyl (C=O) groups is 1. The zero-order valence-electron chi connectivity index (χ0n) is 19.9. The fourth-order valence-electron chi connectivity index (χ4n) is 4.46. The van der Waals surface area contributed by atoms with E-state index in [1.54, 1.807) is 12.1 Å². The highest BCUT2D eigenvalue weighted by Crippen LogP contribution is 2.33. The average Bonchev–Trinajstić information content (AvgIpc) is 2.88. The first-order chi connectivity index (χ1) is 17.5. The second kappa shape index (κ2) is 10.9. The van der Waals surface area contributed by atoms with E-state index in [-0.39, 0.29) is 18.7 Å². The smallest absolute Gasteiger partial charge is 0.353 e. The molecule has 7 nitrogen and oxygen atoms in total. The van der Waals surface area contributed by atoms with Gasteiger partial charge in [-0.3, -0.25) is 4.79 Å². The van der Waals surface area contributed by atoms with Gasteiger partial charge in [-0.15, -0.1) is 0 Å². The van der Waals surface area contributed by atoms with Gasteiger partial charge >= 0.3 is 6.18 Å². The first-order valence-electron chi connectivity index (χ1n) is 11.8. The lowest BCUT2D eigenvalue weighted by Crippen LogP contribution is -2.49. The molecule has 1 unspecified atom stereocenters. The van der Waals surface area contributed by atoms with Crippen molar-refractivity contribution in [2.45, 2.75) is 24.3 Å². The molecule has 3 aromatic rings. The number of aryl methyl sites for hydroxylation is 1. The molecule has 1 fully saturated rings. The normalized spacial score (nSPS) is 15.5. The van der Waals surface area contributed by atoms with Crippen LogP contribution >= 0.6 is 0 Å². The Labute approximate surface area is 213 Å². The molecule has 0 bridgehead atoms. The van der Waals surface area contributed by atoms with Crippen LogP contribution in [0.3, 0.4) is 0 Å². The highest BCUT2D eigenvalue weighted by molar-refractivity contribution is 7.89. The number of halogens is 3. The van der Waals surface area contributed by atoms with E-state index in [1.807, 2.05) is 35.2 Å². The Morgan fingerprint density at radius 1 is 0.946 bits per heavy atom. The fraction of sp³-hybridized carbons (Fsp3) is 0.308. The Morgan fingerprint density at radius 2 is 1.59 bits per heavy atom. The third kappa shape index (κ3) is 6.47. The van der Waals surface area contributed by atoms with Crippen LogP contribution in [0.25, 0.3) is 0 Å². The summed E-state index contributed by atoms with van der Waals surface area (Å²) in [6.07, 6.45) is -2.27. The molecule has 1 amide bonds. The van der Waals surface area contributed by atoms with E-state index in [0.717, 1.165) is 11.6 Å². The van der Waals surface area contributed by atoms with Crippen LogP contribution in [0, 0.1) is 0 Å². The van der Waals surface area contributed by atoms with Gasteiger partial charge in [0.25, 0.3) is 5.91 Å². The largest absolute Gasteiger partial charge is 0.417 e. The minimum Gasteiger partial charge on any atom is -0.353 e. The monoisotopic (exact) mass is 532 g/mol. The van der Waals surface area contributed by atoms with E-state index in [4.69, 9.17) is 5.14 Å². The average molecular weight is 533 g/mol. The van der Waals surface area contributed by atoms with Gasteiger partial charge in [0, 0.05) is 32.4 Å². The van der Waals surface area contributed by atoms with Crippen molar-refractivity contribution in [1.82, 2.24) is 9.88 Å². The number of nitrogens with zero attached hydrogens (tertiary/aromatic N) is 3. The quantitative estimate of drug-likeness (QED) is 0.496. The molecule has 4 rings (SSSR count). The summed E-state index contributed by atoms with van der Waals surface area (Å²) in [6.45, 7) is 1.20. The second-order valence-corrected chi connectivity index (χ2v) is 10.6. The molecule has 196 valence electrons. The molecular weight excluding hydrogens is 505 g/mol. The number of hydrogen-bond donors (Lipinski definition) is 1. The first-order valence-corrected chi connectivity index (χ1v) is 13.4. The van der Waals surface area contributed by atoms with Crippen molar-refractivity contribution >= 4 is 21.7 Å². The van der Waals surface area contributed by atoms with Crippen molar-refractivity contribution in [3.63, 3.8) is 0 Å². The lowest BCUT2D eigenvalue weighted by atomic mass is 10.0. The number of primary sulfonamides is 1. The van der Waals surface area contributed by atoms with Crippen LogP contribution in [0.2, 0.25) is 0 Å². The maximum Gasteiger partial charge on any atom is 0.417 e. The van der Waals surface area contributed by atoms with Crippen molar-refractivity contribution in [3.05, 3.63) is 95.2 Å². The predicted octanol–water partition coefficient (Wildman–Crippen LogP) is 4.03. The number of anilines is 1. The number of hydrogen-bond acceptors (Lipinski definition) is 5. The molecule has 1 aliphatic rings. The molecule has 1 atom stereocenters. The zero-order valence-corrected chi connectivity index (χ0v) is 20.8. The molecule has 2 heterocycles. The minimum atomic E-state index is -4.62. The third-order valence-corrected chi connectivity index (χ3v) is 7.73. The van der Waals surface area contributed by atoms with Crippen LogP contribution in [-0.2, 0) is 22.6 Å². The van der Waals surface area contributed by atoms with Crippen molar-refractivity contribution in [1.29, 1.82) is 0 Å². The lowest BCUT2D eigenvalue weighted by molar-refractivity contribution is -0.138. The summed E-state index contributed by atoms with van der Waals surface area (Å²) in [5, 5.41) is 4.61. The molecule has 1 aliphatic heterocycles. The molecular formula is C26H27F3N4O3S. The van der Waals surface area contributed by atoms with E-state index in [9.17, 15) is 26.4 Å². The van der Waals surface area contributed by atoms with E-state index in [2.05, 4.69) is 4.98 Å². The molecule has 1 aromatic heterocycles. The molecule has 0 saturated carbocycles. The van der Waals surface area contributed by atoms with Gasteiger partial charge in [-0.1, -0.05) is 48.5 Å². The van der Waals surface area contributed by atoms with Crippen LogP contribution < -0.4 is 10.0 Å². The molecule has 37 heavy (non-hydrogen) atoms. The number of nitrogens with two attached hydrogens (primary N) is 1. The number of sulfonamides is 1. The summed E-state index contributed by atoms with van der Waals surface area (Å²) in [7, 11) is -3.86. The summed E-state index contributed by atoms with van der Waals surface area (Å²) in [5.41, 5.74) is 0.178. The van der Waals surface area contributed by atoms with Gasteiger partial charge in [0.2, 0.25) is 10.0 Å². The van der Waals surface area contributed by atoms with Gasteiger partial charge in [-0.25, -0.2) is 18.5 Å². The number of aromatic nitrogens is 1. The summed E-state index contributed by atoms with van der Waals surface area (Å²) in [4.78, 5) is 20.5. The van der Waals surface area contributed by atoms with Gasteiger partial charge in [-0.2, -0.15) is 13.2 Å². The van der Waals surface area contributed by atoms with Gasteiger partial charge in [0.05, 0.1) is 11.1 Å². The molecule has 1 saturated heterocycles. The maximum absolute atomic E-state index is 13.3. The summed E-state index contributed by atoms with van der Waals surface area (Å²) < 4.78 is 64.5. The number of carbonyl (C=O) groups excluding carboxylic acids is 1. The Balaban J connectivity index is 1.41. The van der Waals surface area contributed by atoms with Gasteiger partial charge in [0.1, 0.15) is 11.1 Å². The minimum absolute atomic E-state index is 0.228. The molecule has 2 aromatic carbocycles. The second-order valence-electron chi connectivity index (χ2n) is 8.87. The predicted molar refractivity (Wildman–Crippen MR) is 134 cm³/mol. The summed E-state index contributed by atoms with van der Waals surface area (Å²) in [6, 6.07) is 17.7. The van der Waals surface area contributed by atoms with Crippen molar-refractivity contribution in [2.75, 3.05) is 31.1 Å². The SMILES string of the molecule is NS(=O)(=O)C(CCc1ccccc1)c1ccc(N2CCN(C(=O)c3ccccc3C(F)(F)F)CC2)nc1. The van der Waals surface area contributed by atoms with E-state index in [1.165, 1.54) is 29.3 Å². The molecule has 2 N–H and O–H groups in total. The fourth-order valence-corrected chi connectivity index (χ4v) is 5.43. The maximum atomic E-state index is 13.3. The van der Waals surface area contributed by atoms with Crippen molar-refractivity contribution < 1.29 is 26.4 Å². The van der Waals surface area contributed by atoms with E-state index in [0.29, 0.717) is 37.3 Å². The zero-order chi connectivity index (χ0) is 26.6. The molecule has 11 heteroatoms. The number of amides is 1. The van der Waals surface area contributed by atoms with Crippen LogP contribution in [0.5, 0.6) is 0 Å². The van der Waals surface area contributed by atoms with Gasteiger partial charge < -0.3 is 9.80 Å². The standard InChI is InChI=1S/C26H27F3N4O3S/c27-26(28,29)22-9-5-4-8-21(22)25(34)33-16-14-32(15-17-33)24-13-11-20(18-31-24)23(37(30,35)36)12-10-19-6-2-1-3-7-19/h1-9,11,13,18,23H,10,12,14-17H2,(H2,30,35,36). The van der Waals surface area contributed by atoms with Crippen LogP contribution in [0.15, 0.2) is 72.9 Å². The Bertz CT molecular complexity index is 1330. The Kier molecular flexibility index (Phi) is 7.84. The van der Waals surface area contributed by atoms with E-state index < -0.39 is 32.9 Å². The van der Waals surface area contributed by atoms with Crippen molar-refractivity contribution in [2.24, 2.45) is 5.14 Å². The van der Waals surface area contributed by atoms with Gasteiger partial charge in [0.15, 0.2) is 0 Å². The van der Waals surface area contributed by atoms with Crippen LogP contribution in [0.4, 0.5) is 19.0 Å². The Morgan fingerprint density at radius 3 is 2.19 bits per heavy atom.